The molecule has 0 heterocycles. The molecule has 0 spiro atoms. The van der Waals surface area contributed by atoms with Crippen molar-refractivity contribution >= 4 is 5.91 Å². The highest BCUT2D eigenvalue weighted by Gasteiger charge is 2.17. The number of ether oxygens (including phenoxy) is 3. The zero-order valence-electron chi connectivity index (χ0n) is 14.3. The van der Waals surface area contributed by atoms with Crippen LogP contribution in [0.5, 0.6) is 17.2 Å². The van der Waals surface area contributed by atoms with Gasteiger partial charge in [-0.15, -0.1) is 0 Å². The van der Waals surface area contributed by atoms with Gasteiger partial charge in [0, 0.05) is 6.07 Å². The number of methoxy groups -OCH3 is 1. The van der Waals surface area contributed by atoms with Gasteiger partial charge >= 0.3 is 0 Å². The number of nitrogens with one attached hydrogen (secondary N) is 1. The molecule has 134 valence electrons. The van der Waals surface area contributed by atoms with E-state index in [0.717, 1.165) is 0 Å². The molecule has 0 saturated carbocycles. The van der Waals surface area contributed by atoms with Gasteiger partial charge in [0.15, 0.2) is 6.10 Å². The van der Waals surface area contributed by atoms with E-state index in [9.17, 15) is 9.18 Å². The maximum Gasteiger partial charge on any atom is 0.261 e. The smallest absolute Gasteiger partial charge is 0.261 e. The summed E-state index contributed by atoms with van der Waals surface area (Å²) in [5.41, 5.74) is 0. The van der Waals surface area contributed by atoms with E-state index in [-0.39, 0.29) is 11.7 Å². The number of carbonyl (C=O) groups is 1. The summed E-state index contributed by atoms with van der Waals surface area (Å²) in [7, 11) is 1.59. The molecule has 5 nitrogen and oxygen atoms in total. The topological polar surface area (TPSA) is 56.8 Å². The van der Waals surface area contributed by atoms with Crippen LogP contribution in [0.25, 0.3) is 0 Å². The van der Waals surface area contributed by atoms with Gasteiger partial charge < -0.3 is 19.5 Å². The Balaban J connectivity index is 1.76. The summed E-state index contributed by atoms with van der Waals surface area (Å²) in [4.78, 5) is 12.2. The van der Waals surface area contributed by atoms with Crippen LogP contribution in [0.4, 0.5) is 4.39 Å². The molecule has 2 rings (SSSR count). The van der Waals surface area contributed by atoms with Crippen molar-refractivity contribution in [3.8, 4) is 17.2 Å². The fourth-order valence-electron chi connectivity index (χ4n) is 2.15. The molecule has 0 fully saturated rings. The van der Waals surface area contributed by atoms with Gasteiger partial charge in [0.25, 0.3) is 5.91 Å². The largest absolute Gasteiger partial charge is 0.497 e. The monoisotopic (exact) mass is 347 g/mol. The third kappa shape index (κ3) is 5.99. The Morgan fingerprint density at radius 3 is 2.52 bits per heavy atom. The Bertz CT molecular complexity index is 675. The predicted molar refractivity (Wildman–Crippen MR) is 92.6 cm³/mol. The van der Waals surface area contributed by atoms with Gasteiger partial charge in [0.1, 0.15) is 29.7 Å². The highest BCUT2D eigenvalue weighted by atomic mass is 19.1. The molecule has 1 amide bonds. The van der Waals surface area contributed by atoms with E-state index in [1.54, 1.807) is 13.2 Å². The molecule has 25 heavy (non-hydrogen) atoms. The maximum absolute atomic E-state index is 12.9. The zero-order valence-corrected chi connectivity index (χ0v) is 14.3. The zero-order chi connectivity index (χ0) is 18.1. The summed E-state index contributed by atoms with van der Waals surface area (Å²) in [6, 6.07) is 12.8. The van der Waals surface area contributed by atoms with Crippen molar-refractivity contribution in [2.45, 2.75) is 19.4 Å². The van der Waals surface area contributed by atoms with Gasteiger partial charge in [-0.1, -0.05) is 13.0 Å². The fraction of sp³-hybridized carbons (Fsp3) is 0.316. The molecule has 0 unspecified atom stereocenters. The van der Waals surface area contributed by atoms with E-state index in [2.05, 4.69) is 5.32 Å². The molecule has 0 radical (unpaired) electrons. The maximum atomic E-state index is 12.9. The first-order valence-corrected chi connectivity index (χ1v) is 8.09. The first-order valence-electron chi connectivity index (χ1n) is 8.09. The average molecular weight is 347 g/mol. The molecule has 0 aromatic heterocycles. The summed E-state index contributed by atoms with van der Waals surface area (Å²) in [5, 5.41) is 2.77. The van der Waals surface area contributed by atoms with E-state index in [0.29, 0.717) is 36.8 Å². The lowest BCUT2D eigenvalue weighted by atomic mass is 10.2. The second-order valence-corrected chi connectivity index (χ2v) is 5.29. The van der Waals surface area contributed by atoms with Gasteiger partial charge in [-0.25, -0.2) is 4.39 Å². The number of amides is 1. The molecule has 2 aromatic carbocycles. The van der Waals surface area contributed by atoms with E-state index < -0.39 is 6.10 Å². The van der Waals surface area contributed by atoms with Crippen molar-refractivity contribution < 1.29 is 23.4 Å². The van der Waals surface area contributed by atoms with E-state index >= 15 is 0 Å². The lowest BCUT2D eigenvalue weighted by Crippen LogP contribution is -2.39. The van der Waals surface area contributed by atoms with E-state index in [1.807, 2.05) is 25.1 Å². The third-order valence-electron chi connectivity index (χ3n) is 3.47. The van der Waals surface area contributed by atoms with Crippen LogP contribution in [0.1, 0.15) is 13.3 Å². The van der Waals surface area contributed by atoms with Gasteiger partial charge in [-0.3, -0.25) is 4.79 Å². The minimum atomic E-state index is -0.637. The third-order valence-corrected chi connectivity index (χ3v) is 3.47. The van der Waals surface area contributed by atoms with Crippen LogP contribution in [0, 0.1) is 5.82 Å². The van der Waals surface area contributed by atoms with Crippen molar-refractivity contribution in [2.75, 3.05) is 20.3 Å². The molecule has 6 heteroatoms. The number of rotatable bonds is 9. The molecule has 2 aromatic rings. The van der Waals surface area contributed by atoms with Gasteiger partial charge in [0.2, 0.25) is 0 Å². The Morgan fingerprint density at radius 2 is 1.84 bits per heavy atom. The second-order valence-electron chi connectivity index (χ2n) is 5.29. The highest BCUT2D eigenvalue weighted by Crippen LogP contribution is 2.18. The Kier molecular flexibility index (Phi) is 7.07. The standard InChI is InChI=1S/C19H22FNO4/c1-3-18(25-15-9-7-14(20)8-10-15)19(22)21-11-12-24-17-6-4-5-16(13-17)23-2/h4-10,13,18H,3,11-12H2,1-2H3,(H,21,22)/t18-/m0/s1. The van der Waals surface area contributed by atoms with Gasteiger partial charge in [-0.2, -0.15) is 0 Å². The SMILES string of the molecule is CC[C@H](Oc1ccc(F)cc1)C(=O)NCCOc1cccc(OC)c1. The Labute approximate surface area is 146 Å². The summed E-state index contributed by atoms with van der Waals surface area (Å²) in [6.07, 6.45) is -0.137. The van der Waals surface area contributed by atoms with Gasteiger partial charge in [-0.05, 0) is 42.8 Å². The molecule has 0 aliphatic rings. The van der Waals surface area contributed by atoms with Crippen molar-refractivity contribution in [1.82, 2.24) is 5.32 Å². The number of hydrogen-bond acceptors (Lipinski definition) is 4. The Morgan fingerprint density at radius 1 is 1.12 bits per heavy atom. The van der Waals surface area contributed by atoms with Crippen molar-refractivity contribution in [3.05, 3.63) is 54.3 Å². The Hall–Kier alpha value is -2.76. The fourth-order valence-corrected chi connectivity index (χ4v) is 2.15. The lowest BCUT2D eigenvalue weighted by molar-refractivity contribution is -0.128. The van der Waals surface area contributed by atoms with Crippen LogP contribution in [-0.2, 0) is 4.79 Å². The van der Waals surface area contributed by atoms with Gasteiger partial charge in [0.05, 0.1) is 13.7 Å². The van der Waals surface area contributed by atoms with Crippen LogP contribution < -0.4 is 19.5 Å². The molecule has 0 aliphatic heterocycles. The van der Waals surface area contributed by atoms with Crippen LogP contribution >= 0.6 is 0 Å². The molecular formula is C19H22FNO4. The quantitative estimate of drug-likeness (QED) is 0.708. The molecule has 1 N–H and O–H groups in total. The molecule has 0 saturated heterocycles. The normalized spacial score (nSPS) is 11.5. The van der Waals surface area contributed by atoms with Crippen molar-refractivity contribution in [1.29, 1.82) is 0 Å². The van der Waals surface area contributed by atoms with Crippen LogP contribution in [-0.4, -0.2) is 32.3 Å². The van der Waals surface area contributed by atoms with E-state index in [4.69, 9.17) is 14.2 Å². The minimum absolute atomic E-state index is 0.235. The lowest BCUT2D eigenvalue weighted by Gasteiger charge is -2.17. The molecule has 0 bridgehead atoms. The number of hydrogen-bond donors (Lipinski definition) is 1. The first kappa shape index (κ1) is 18.6. The average Bonchev–Trinajstić information content (AvgIpc) is 2.64. The number of halogens is 1. The van der Waals surface area contributed by atoms with Crippen LogP contribution in [0.2, 0.25) is 0 Å². The summed E-state index contributed by atoms with van der Waals surface area (Å²) < 4.78 is 29.2. The second kappa shape index (κ2) is 9.52. The molecule has 0 aliphatic carbocycles. The van der Waals surface area contributed by atoms with Crippen LogP contribution in [0.15, 0.2) is 48.5 Å². The van der Waals surface area contributed by atoms with E-state index in [1.165, 1.54) is 24.3 Å². The summed E-state index contributed by atoms with van der Waals surface area (Å²) >= 11 is 0. The number of carbonyl (C=O) groups excluding carboxylic acids is 1. The number of benzene rings is 2. The summed E-state index contributed by atoms with van der Waals surface area (Å²) in [6.45, 7) is 2.52. The van der Waals surface area contributed by atoms with Crippen molar-refractivity contribution in [2.24, 2.45) is 0 Å². The highest BCUT2D eigenvalue weighted by molar-refractivity contribution is 5.81. The summed E-state index contributed by atoms with van der Waals surface area (Å²) in [5.74, 6) is 1.25. The van der Waals surface area contributed by atoms with Crippen molar-refractivity contribution in [3.63, 3.8) is 0 Å². The van der Waals surface area contributed by atoms with Crippen LogP contribution in [0.3, 0.4) is 0 Å². The minimum Gasteiger partial charge on any atom is -0.497 e. The first-order chi connectivity index (χ1) is 12.1. The molecule has 1 atom stereocenters. The molecular weight excluding hydrogens is 325 g/mol. The predicted octanol–water partition coefficient (Wildman–Crippen LogP) is 3.19.